The molecule has 1 rings (SSSR count). The monoisotopic (exact) mass is 342 g/mol. The first-order valence-corrected chi connectivity index (χ1v) is 9.05. The van der Waals surface area contributed by atoms with Gasteiger partial charge in [-0.1, -0.05) is 27.7 Å². The van der Waals surface area contributed by atoms with Crippen molar-refractivity contribution in [2.45, 2.75) is 13.3 Å². The number of primary amides is 1. The van der Waals surface area contributed by atoms with E-state index in [2.05, 4.69) is 5.32 Å². The number of aliphatic carboxylic acids is 1. The van der Waals surface area contributed by atoms with Gasteiger partial charge in [-0.05, 0) is 24.6 Å². The number of carbonyl (C=O) groups is 3. The molecule has 4 N–H and O–H groups in total. The van der Waals surface area contributed by atoms with E-state index in [0.29, 0.717) is 29.2 Å². The molecule has 0 fully saturated rings. The molecular weight excluding hydrogens is 324 g/mol. The van der Waals surface area contributed by atoms with Gasteiger partial charge in [0.2, 0.25) is 5.91 Å². The van der Waals surface area contributed by atoms with Gasteiger partial charge in [0.25, 0.3) is 5.91 Å². The number of carboxylic acid groups (broad SMARTS) is 1. The summed E-state index contributed by atoms with van der Waals surface area (Å²) in [4.78, 5) is 33.5. The van der Waals surface area contributed by atoms with Crippen molar-refractivity contribution in [3.05, 3.63) is 34.9 Å². The van der Waals surface area contributed by atoms with Crippen molar-refractivity contribution in [1.82, 2.24) is 5.32 Å². The van der Waals surface area contributed by atoms with Crippen LogP contribution in [0.4, 0.5) is 0 Å². The highest BCUT2D eigenvalue weighted by Crippen LogP contribution is 2.21. The Balaban J connectivity index is 2.38. The molecule has 1 aromatic rings. The van der Waals surface area contributed by atoms with Gasteiger partial charge in [-0.25, -0.2) is 0 Å². The molecule has 0 aliphatic rings. The van der Waals surface area contributed by atoms with E-state index in [9.17, 15) is 14.4 Å². The number of hydrogen-bond acceptors (Lipinski definition) is 5. The second-order valence-corrected chi connectivity index (χ2v) is 7.14. The summed E-state index contributed by atoms with van der Waals surface area (Å²) in [6, 6.07) is 4.76. The molecule has 0 radical (unpaired) electrons. The smallest absolute Gasteiger partial charge is 0.304 e. The topological polar surface area (TPSA) is 109 Å². The lowest BCUT2D eigenvalue weighted by Gasteiger charge is -2.08. The highest BCUT2D eigenvalue weighted by Gasteiger charge is 2.11. The summed E-state index contributed by atoms with van der Waals surface area (Å²) in [6.07, 6.45) is 0.128. The van der Waals surface area contributed by atoms with Crippen molar-refractivity contribution < 1.29 is 19.5 Å². The third kappa shape index (κ3) is 6.40. The molecule has 0 aliphatic heterocycles. The normalized spacial score (nSPS) is 10.2. The molecule has 0 aromatic heterocycles. The first kappa shape index (κ1) is 18.4. The molecular formula is C14H18N2O4S2. The second kappa shape index (κ2) is 9.37. The summed E-state index contributed by atoms with van der Waals surface area (Å²) in [5, 5.41) is 11.3. The molecule has 6 nitrogen and oxygen atoms in total. The standard InChI is InChI=1S/C14H18N2O4S2/c1-9-2-3-10(13(15)19)8-11(9)14(20)16-5-7-22-21-6-4-12(17)18/h2-3,8H,4-7H2,1H3,(H2,15,19)(H,16,20)(H,17,18). The van der Waals surface area contributed by atoms with Crippen molar-refractivity contribution in [3.63, 3.8) is 0 Å². The van der Waals surface area contributed by atoms with E-state index in [4.69, 9.17) is 10.8 Å². The van der Waals surface area contributed by atoms with E-state index in [0.717, 1.165) is 5.56 Å². The quantitative estimate of drug-likeness (QED) is 0.465. The Labute approximate surface area is 136 Å². The summed E-state index contributed by atoms with van der Waals surface area (Å²) < 4.78 is 0. The Hall–Kier alpha value is -1.67. The van der Waals surface area contributed by atoms with E-state index in [1.165, 1.54) is 27.7 Å². The number of rotatable bonds is 9. The Morgan fingerprint density at radius 2 is 1.91 bits per heavy atom. The van der Waals surface area contributed by atoms with Gasteiger partial charge in [-0.15, -0.1) is 0 Å². The van der Waals surface area contributed by atoms with Gasteiger partial charge < -0.3 is 16.2 Å². The van der Waals surface area contributed by atoms with E-state index in [1.807, 2.05) is 0 Å². The number of benzene rings is 1. The molecule has 0 aliphatic carbocycles. The number of aryl methyl sites for hydroxylation is 1. The number of hydrogen-bond donors (Lipinski definition) is 3. The van der Waals surface area contributed by atoms with Crippen LogP contribution in [0, 0.1) is 6.92 Å². The molecule has 0 heterocycles. The molecule has 0 bridgehead atoms. The van der Waals surface area contributed by atoms with Crippen molar-refractivity contribution in [3.8, 4) is 0 Å². The summed E-state index contributed by atoms with van der Waals surface area (Å²) in [5.41, 5.74) is 6.70. The minimum atomic E-state index is -0.814. The van der Waals surface area contributed by atoms with Crippen molar-refractivity contribution in [1.29, 1.82) is 0 Å². The zero-order valence-electron chi connectivity index (χ0n) is 12.1. The molecule has 120 valence electrons. The first-order chi connectivity index (χ1) is 10.4. The number of amides is 2. The Kier molecular flexibility index (Phi) is 7.83. The first-order valence-electron chi connectivity index (χ1n) is 6.56. The highest BCUT2D eigenvalue weighted by molar-refractivity contribution is 8.76. The SMILES string of the molecule is Cc1ccc(C(N)=O)cc1C(=O)NCCSSCCC(=O)O. The molecule has 0 saturated heterocycles. The van der Waals surface area contributed by atoms with E-state index >= 15 is 0 Å². The van der Waals surface area contributed by atoms with Gasteiger partial charge in [0.1, 0.15) is 0 Å². The van der Waals surface area contributed by atoms with Gasteiger partial charge >= 0.3 is 5.97 Å². The van der Waals surface area contributed by atoms with Gasteiger partial charge in [-0.2, -0.15) is 0 Å². The van der Waals surface area contributed by atoms with Gasteiger partial charge in [0.15, 0.2) is 0 Å². The van der Waals surface area contributed by atoms with Crippen LogP contribution in [0.15, 0.2) is 18.2 Å². The van der Waals surface area contributed by atoms with Crippen LogP contribution in [0.2, 0.25) is 0 Å². The lowest BCUT2D eigenvalue weighted by molar-refractivity contribution is -0.136. The Morgan fingerprint density at radius 1 is 1.23 bits per heavy atom. The molecule has 0 spiro atoms. The minimum absolute atomic E-state index is 0.128. The Morgan fingerprint density at radius 3 is 2.55 bits per heavy atom. The van der Waals surface area contributed by atoms with Gasteiger partial charge in [0, 0.05) is 29.2 Å². The largest absolute Gasteiger partial charge is 0.481 e. The van der Waals surface area contributed by atoms with Crippen LogP contribution < -0.4 is 11.1 Å². The fourth-order valence-electron chi connectivity index (χ4n) is 1.57. The van der Waals surface area contributed by atoms with E-state index < -0.39 is 11.9 Å². The van der Waals surface area contributed by atoms with Crippen molar-refractivity contribution >= 4 is 39.4 Å². The number of nitrogens with one attached hydrogen (secondary N) is 1. The minimum Gasteiger partial charge on any atom is -0.481 e. The van der Waals surface area contributed by atoms with Crippen LogP contribution in [0.1, 0.15) is 32.7 Å². The molecule has 22 heavy (non-hydrogen) atoms. The summed E-state index contributed by atoms with van der Waals surface area (Å²) in [7, 11) is 2.97. The van der Waals surface area contributed by atoms with Crippen LogP contribution in [-0.4, -0.2) is 40.9 Å². The number of carbonyl (C=O) groups excluding carboxylic acids is 2. The predicted octanol–water partition coefficient (Wildman–Crippen LogP) is 1.68. The molecule has 0 saturated carbocycles. The fraction of sp³-hybridized carbons (Fsp3) is 0.357. The average Bonchev–Trinajstić information content (AvgIpc) is 2.45. The second-order valence-electron chi connectivity index (χ2n) is 4.44. The maximum Gasteiger partial charge on any atom is 0.304 e. The molecule has 1 aromatic carbocycles. The third-order valence-corrected chi connectivity index (χ3v) is 5.13. The van der Waals surface area contributed by atoms with Crippen LogP contribution >= 0.6 is 21.6 Å². The third-order valence-electron chi connectivity index (χ3n) is 2.72. The lowest BCUT2D eigenvalue weighted by Crippen LogP contribution is -2.26. The lowest BCUT2D eigenvalue weighted by atomic mass is 10.0. The van der Waals surface area contributed by atoms with E-state index in [-0.39, 0.29) is 12.3 Å². The summed E-state index contributed by atoms with van der Waals surface area (Å²) in [6.45, 7) is 2.25. The van der Waals surface area contributed by atoms with E-state index in [1.54, 1.807) is 19.1 Å². The molecule has 8 heteroatoms. The fourth-order valence-corrected chi connectivity index (χ4v) is 3.45. The van der Waals surface area contributed by atoms with Crippen molar-refractivity contribution in [2.24, 2.45) is 5.73 Å². The maximum atomic E-state index is 12.1. The van der Waals surface area contributed by atoms with Crippen molar-refractivity contribution in [2.75, 3.05) is 18.1 Å². The average molecular weight is 342 g/mol. The summed E-state index contributed by atoms with van der Waals surface area (Å²) >= 11 is 0. The van der Waals surface area contributed by atoms with Crippen LogP contribution in [-0.2, 0) is 4.79 Å². The summed E-state index contributed by atoms with van der Waals surface area (Å²) in [5.74, 6) is -0.430. The molecule has 0 atom stereocenters. The molecule has 2 amide bonds. The van der Waals surface area contributed by atoms with Crippen LogP contribution in [0.25, 0.3) is 0 Å². The van der Waals surface area contributed by atoms with Gasteiger partial charge in [0.05, 0.1) is 6.42 Å². The van der Waals surface area contributed by atoms with Crippen LogP contribution in [0.3, 0.4) is 0 Å². The number of carboxylic acids is 1. The highest BCUT2D eigenvalue weighted by atomic mass is 33.1. The molecule has 0 unspecified atom stereocenters. The maximum absolute atomic E-state index is 12.1. The Bertz CT molecular complexity index is 564. The van der Waals surface area contributed by atoms with Crippen LogP contribution in [0.5, 0.6) is 0 Å². The zero-order chi connectivity index (χ0) is 16.5. The van der Waals surface area contributed by atoms with Gasteiger partial charge in [-0.3, -0.25) is 14.4 Å². The predicted molar refractivity (Wildman–Crippen MR) is 89.2 cm³/mol. The zero-order valence-corrected chi connectivity index (χ0v) is 13.8. The number of nitrogens with two attached hydrogens (primary N) is 1.